The fourth-order valence-corrected chi connectivity index (χ4v) is 8.53. The Labute approximate surface area is 505 Å². The summed E-state index contributed by atoms with van der Waals surface area (Å²) in [6, 6.07) is 0. The van der Waals surface area contributed by atoms with Gasteiger partial charge in [-0.3, -0.25) is 9.59 Å². The molecule has 1 atom stereocenters. The Morgan fingerprint density at radius 1 is 0.280 bits per heavy atom. The van der Waals surface area contributed by atoms with E-state index in [1.807, 2.05) is 0 Å². The molecule has 0 fully saturated rings. The second-order valence-electron chi connectivity index (χ2n) is 21.1. The number of allylic oxidation sites excluding steroid dienone is 32. The van der Waals surface area contributed by atoms with Crippen molar-refractivity contribution in [1.82, 2.24) is 0 Å². The Morgan fingerprint density at radius 2 is 0.488 bits per heavy atom. The minimum Gasteiger partial charge on any atom is -0.462 e. The lowest BCUT2D eigenvalue weighted by atomic mass is 10.0. The van der Waals surface area contributed by atoms with E-state index in [0.717, 1.165) is 135 Å². The van der Waals surface area contributed by atoms with E-state index in [-0.39, 0.29) is 31.6 Å². The lowest BCUT2D eigenvalue weighted by Gasteiger charge is -2.15. The fourth-order valence-electron chi connectivity index (χ4n) is 8.53. The van der Waals surface area contributed by atoms with Crippen LogP contribution in [0.2, 0.25) is 0 Å². The molecule has 0 aliphatic carbocycles. The van der Waals surface area contributed by atoms with Crippen molar-refractivity contribution in [1.29, 1.82) is 0 Å². The van der Waals surface area contributed by atoms with Crippen LogP contribution in [-0.4, -0.2) is 36.4 Å². The van der Waals surface area contributed by atoms with E-state index in [1.54, 1.807) is 0 Å². The summed E-state index contributed by atoms with van der Waals surface area (Å²) in [6.45, 7) is 3.87. The van der Waals surface area contributed by atoms with Crippen LogP contribution in [0.4, 0.5) is 0 Å². The summed E-state index contributed by atoms with van der Waals surface area (Å²) in [6.07, 6.45) is 111. The lowest BCUT2D eigenvalue weighted by molar-refractivity contribution is -0.161. The average Bonchev–Trinajstić information content (AvgIpc) is 3.49. The van der Waals surface area contributed by atoms with Gasteiger partial charge in [-0.25, -0.2) is 0 Å². The number of unbranched alkanes of at least 4 members (excludes halogenated alkanes) is 18. The van der Waals surface area contributed by atoms with Gasteiger partial charge >= 0.3 is 11.9 Å². The predicted octanol–water partition coefficient (Wildman–Crippen LogP) is 23.2. The molecule has 1 unspecified atom stereocenters. The molecule has 5 nitrogen and oxygen atoms in total. The molecule has 0 rings (SSSR count). The Bertz CT molecular complexity index is 1900. The third kappa shape index (κ3) is 67.2. The highest BCUT2D eigenvalue weighted by molar-refractivity contribution is 5.70. The Kier molecular flexibility index (Phi) is 65.5. The van der Waals surface area contributed by atoms with Crippen molar-refractivity contribution in [2.45, 2.75) is 264 Å². The van der Waals surface area contributed by atoms with Crippen molar-refractivity contribution in [2.75, 3.05) is 13.2 Å². The summed E-state index contributed by atoms with van der Waals surface area (Å²) >= 11 is 0. The van der Waals surface area contributed by atoms with Crippen LogP contribution in [0.5, 0.6) is 0 Å². The molecule has 0 aromatic carbocycles. The molecule has 0 spiro atoms. The smallest absolute Gasteiger partial charge is 0.306 e. The SMILES string of the molecule is CC/C=C\C/C=C\C/C=C\C/C=C\C/C=C\C/C=C\C/C=C\C/C=C\C/C=C\C/C=C\CCCCC(=O)OC(CO)COC(=O)CCCCCCCCCCCCCCCCCC/C=C\C/C=C\C/C=C\C/C=C\C/C=C\C/C=C\CC. The van der Waals surface area contributed by atoms with E-state index in [4.69, 9.17) is 9.47 Å². The summed E-state index contributed by atoms with van der Waals surface area (Å²) < 4.78 is 10.7. The molecule has 5 heteroatoms. The van der Waals surface area contributed by atoms with E-state index >= 15 is 0 Å². The number of hydrogen-bond acceptors (Lipinski definition) is 5. The van der Waals surface area contributed by atoms with Gasteiger partial charge in [-0.05, 0) is 141 Å². The van der Waals surface area contributed by atoms with Crippen LogP contribution in [0.25, 0.3) is 0 Å². The first kappa shape index (κ1) is 76.7. The molecule has 0 saturated heterocycles. The molecule has 82 heavy (non-hydrogen) atoms. The van der Waals surface area contributed by atoms with Crippen molar-refractivity contribution < 1.29 is 24.2 Å². The van der Waals surface area contributed by atoms with Gasteiger partial charge in [0.2, 0.25) is 0 Å². The van der Waals surface area contributed by atoms with Crippen molar-refractivity contribution in [3.63, 3.8) is 0 Å². The Balaban J connectivity index is 3.62. The maximum atomic E-state index is 12.3. The molecule has 0 radical (unpaired) electrons. The first-order chi connectivity index (χ1) is 40.6. The maximum Gasteiger partial charge on any atom is 0.306 e. The zero-order valence-electron chi connectivity index (χ0n) is 52.4. The molecule has 0 aromatic rings. The number of ether oxygens (including phenoxy) is 2. The number of carbonyl (C=O) groups excluding carboxylic acids is 2. The molecule has 458 valence electrons. The summed E-state index contributed by atoms with van der Waals surface area (Å²) in [5.41, 5.74) is 0. The molecule has 0 aliphatic heterocycles. The van der Waals surface area contributed by atoms with Crippen molar-refractivity contribution in [3.8, 4) is 0 Å². The molecule has 0 heterocycles. The number of rotatable bonds is 58. The van der Waals surface area contributed by atoms with Gasteiger partial charge in [0, 0.05) is 12.8 Å². The first-order valence-corrected chi connectivity index (χ1v) is 33.0. The summed E-state index contributed by atoms with van der Waals surface area (Å²) in [5.74, 6) is -0.651. The highest BCUT2D eigenvalue weighted by Crippen LogP contribution is 2.15. The van der Waals surface area contributed by atoms with E-state index < -0.39 is 6.10 Å². The van der Waals surface area contributed by atoms with Crippen molar-refractivity contribution >= 4 is 11.9 Å². The summed E-state index contributed by atoms with van der Waals surface area (Å²) in [5, 5.41) is 9.68. The van der Waals surface area contributed by atoms with Gasteiger partial charge in [0.25, 0.3) is 0 Å². The third-order valence-corrected chi connectivity index (χ3v) is 13.4. The molecular weight excluding hydrogens is 1000 g/mol. The third-order valence-electron chi connectivity index (χ3n) is 13.4. The zero-order chi connectivity index (χ0) is 59.1. The van der Waals surface area contributed by atoms with Gasteiger partial charge in [-0.1, -0.05) is 298 Å². The van der Waals surface area contributed by atoms with Crippen LogP contribution < -0.4 is 0 Å². The topological polar surface area (TPSA) is 72.8 Å². The minimum absolute atomic E-state index is 0.0950. The van der Waals surface area contributed by atoms with Crippen LogP contribution in [0, 0.1) is 0 Å². The van der Waals surface area contributed by atoms with Crippen molar-refractivity contribution in [3.05, 3.63) is 194 Å². The van der Waals surface area contributed by atoms with Gasteiger partial charge in [0.1, 0.15) is 6.61 Å². The number of aliphatic hydroxyl groups excluding tert-OH is 1. The molecule has 0 aliphatic rings. The van der Waals surface area contributed by atoms with Gasteiger partial charge in [-0.15, -0.1) is 0 Å². The normalized spacial score (nSPS) is 13.5. The van der Waals surface area contributed by atoms with Gasteiger partial charge in [0.05, 0.1) is 6.61 Å². The van der Waals surface area contributed by atoms with E-state index in [9.17, 15) is 14.7 Å². The summed E-state index contributed by atoms with van der Waals surface area (Å²) in [7, 11) is 0. The molecule has 1 N–H and O–H groups in total. The Hall–Kier alpha value is -5.26. The van der Waals surface area contributed by atoms with Gasteiger partial charge in [-0.2, -0.15) is 0 Å². The second-order valence-corrected chi connectivity index (χ2v) is 21.1. The van der Waals surface area contributed by atoms with E-state index in [0.29, 0.717) is 12.8 Å². The molecule has 0 amide bonds. The number of carbonyl (C=O) groups is 2. The van der Waals surface area contributed by atoms with Crippen molar-refractivity contribution in [2.24, 2.45) is 0 Å². The quantitative estimate of drug-likeness (QED) is 0.0373. The standard InChI is InChI=1S/C77H120O5/c1-3-5-7-9-11-13-15-17-19-21-23-25-27-29-31-33-35-37-38-40-41-43-45-47-49-51-53-55-57-59-61-63-65-67-69-71-76(79)81-74-75(73-78)82-77(80)72-70-68-66-64-62-60-58-56-54-52-50-48-46-44-42-39-36-34-32-30-28-26-24-22-20-18-16-14-12-10-8-6-4-2/h5-8,11-14,17-20,23-26,29-32,35-37,39,44,46,50,52,56,58,62,64,75,78H,3-4,9-10,15-16,21-22,27-28,33-34,38,40-43,45,47-49,51,53-55,57,59-61,63,65-74H2,1-2H3/b7-5-,8-6-,13-11-,14-12-,19-17-,20-18-,25-23-,26-24-,31-29-,32-30-,37-35-,39-36-,46-44-,52-50-,58-56-,64-62-. The lowest BCUT2D eigenvalue weighted by Crippen LogP contribution is -2.28. The minimum atomic E-state index is -0.811. The fraction of sp³-hybridized carbons (Fsp3) is 0.558. The molecule has 0 saturated carbocycles. The van der Waals surface area contributed by atoms with Crippen LogP contribution in [0.1, 0.15) is 258 Å². The van der Waals surface area contributed by atoms with Gasteiger partial charge in [0.15, 0.2) is 6.10 Å². The Morgan fingerprint density at radius 3 is 0.756 bits per heavy atom. The van der Waals surface area contributed by atoms with E-state index in [1.165, 1.54) is 89.9 Å². The first-order valence-electron chi connectivity index (χ1n) is 33.0. The largest absolute Gasteiger partial charge is 0.462 e. The summed E-state index contributed by atoms with van der Waals surface area (Å²) in [4.78, 5) is 24.6. The molecular formula is C77H120O5. The highest BCUT2D eigenvalue weighted by Gasteiger charge is 2.16. The number of aliphatic hydroxyl groups is 1. The van der Waals surface area contributed by atoms with Crippen LogP contribution in [0.15, 0.2) is 194 Å². The molecule has 0 aromatic heterocycles. The molecule has 0 bridgehead atoms. The average molecular weight is 1130 g/mol. The van der Waals surface area contributed by atoms with Crippen LogP contribution in [-0.2, 0) is 19.1 Å². The number of esters is 2. The van der Waals surface area contributed by atoms with Gasteiger partial charge < -0.3 is 14.6 Å². The maximum absolute atomic E-state index is 12.3. The highest BCUT2D eigenvalue weighted by atomic mass is 16.6. The van der Waals surface area contributed by atoms with Crippen LogP contribution in [0.3, 0.4) is 0 Å². The van der Waals surface area contributed by atoms with Crippen LogP contribution >= 0.6 is 0 Å². The number of hydrogen-bond donors (Lipinski definition) is 1. The predicted molar refractivity (Wildman–Crippen MR) is 361 cm³/mol. The second kappa shape index (κ2) is 70.0. The monoisotopic (exact) mass is 1120 g/mol. The zero-order valence-corrected chi connectivity index (χ0v) is 52.4. The van der Waals surface area contributed by atoms with E-state index in [2.05, 4.69) is 208 Å².